The summed E-state index contributed by atoms with van der Waals surface area (Å²) in [6.07, 6.45) is 1.70. The van der Waals surface area contributed by atoms with Gasteiger partial charge in [-0.15, -0.1) is 6.58 Å². The van der Waals surface area contributed by atoms with E-state index < -0.39 is 11.2 Å². The van der Waals surface area contributed by atoms with Crippen molar-refractivity contribution in [3.05, 3.63) is 69.4 Å². The van der Waals surface area contributed by atoms with Gasteiger partial charge in [0.1, 0.15) is 0 Å². The van der Waals surface area contributed by atoms with Crippen LogP contribution in [0.15, 0.2) is 52.6 Å². The topological polar surface area (TPSA) is 75.9 Å². The molecular weight excluding hydrogens is 306 g/mol. The standard InChI is InChI=1S/C17H19N5O2/c1-4-10-22-13-14(21(3)17(24)19-15(13)23)18-16(22)20(2)11-12-8-6-5-7-9-12/h4-9H,1,10-11H2,2-3H3,(H,19,23,24). The molecule has 0 spiro atoms. The van der Waals surface area contributed by atoms with Gasteiger partial charge in [-0.3, -0.25) is 14.3 Å². The predicted octanol–water partition coefficient (Wildman–Crippen LogP) is 1.25. The van der Waals surface area contributed by atoms with Crippen molar-refractivity contribution in [1.29, 1.82) is 0 Å². The fourth-order valence-corrected chi connectivity index (χ4v) is 2.74. The molecule has 7 nitrogen and oxygen atoms in total. The van der Waals surface area contributed by atoms with Crippen molar-refractivity contribution in [2.24, 2.45) is 7.05 Å². The largest absolute Gasteiger partial charge is 0.341 e. The van der Waals surface area contributed by atoms with Crippen LogP contribution < -0.4 is 16.1 Å². The molecule has 1 N–H and O–H groups in total. The molecule has 7 heteroatoms. The summed E-state index contributed by atoms with van der Waals surface area (Å²) >= 11 is 0. The van der Waals surface area contributed by atoms with Crippen LogP contribution in [0.2, 0.25) is 0 Å². The molecule has 0 saturated heterocycles. The first-order chi connectivity index (χ1) is 11.5. The third-order valence-corrected chi connectivity index (χ3v) is 3.90. The highest BCUT2D eigenvalue weighted by Gasteiger charge is 2.19. The summed E-state index contributed by atoms with van der Waals surface area (Å²) in [5, 5.41) is 0. The van der Waals surface area contributed by atoms with E-state index in [1.54, 1.807) is 17.7 Å². The first-order valence-corrected chi connectivity index (χ1v) is 7.58. The highest BCUT2D eigenvalue weighted by Crippen LogP contribution is 2.20. The lowest BCUT2D eigenvalue weighted by molar-refractivity contribution is 0.776. The Morgan fingerprint density at radius 1 is 1.29 bits per heavy atom. The monoisotopic (exact) mass is 325 g/mol. The number of H-pyrrole nitrogens is 1. The molecule has 124 valence electrons. The SMILES string of the molecule is C=CCn1c(N(C)Cc2ccccc2)nc2c1c(=O)[nH]c(=O)n2C. The smallest absolute Gasteiger partial charge is 0.329 e. The molecule has 0 amide bonds. The molecule has 0 aliphatic heterocycles. The van der Waals surface area contributed by atoms with Crippen molar-refractivity contribution in [2.75, 3.05) is 11.9 Å². The van der Waals surface area contributed by atoms with Gasteiger partial charge in [-0.05, 0) is 5.56 Å². The molecular formula is C17H19N5O2. The Labute approximate surface area is 138 Å². The summed E-state index contributed by atoms with van der Waals surface area (Å²) in [5.41, 5.74) is 0.933. The van der Waals surface area contributed by atoms with Gasteiger partial charge < -0.3 is 9.47 Å². The van der Waals surface area contributed by atoms with E-state index in [4.69, 9.17) is 0 Å². The Balaban J connectivity index is 2.16. The third kappa shape index (κ3) is 2.64. The second-order valence-corrected chi connectivity index (χ2v) is 5.64. The Bertz CT molecular complexity index is 997. The number of fused-ring (bicyclic) bond motifs is 1. The van der Waals surface area contributed by atoms with Gasteiger partial charge in [-0.25, -0.2) is 4.79 Å². The molecule has 2 aromatic heterocycles. The minimum absolute atomic E-state index is 0.362. The first-order valence-electron chi connectivity index (χ1n) is 7.58. The number of hydrogen-bond donors (Lipinski definition) is 1. The molecule has 0 unspecified atom stereocenters. The second kappa shape index (κ2) is 6.19. The lowest BCUT2D eigenvalue weighted by atomic mass is 10.2. The van der Waals surface area contributed by atoms with E-state index in [-0.39, 0.29) is 0 Å². The molecule has 0 aliphatic carbocycles. The number of nitrogens with zero attached hydrogens (tertiary/aromatic N) is 4. The lowest BCUT2D eigenvalue weighted by Gasteiger charge is -2.19. The number of allylic oxidation sites excluding steroid dienone is 1. The predicted molar refractivity (Wildman–Crippen MR) is 94.3 cm³/mol. The van der Waals surface area contributed by atoms with Crippen molar-refractivity contribution >= 4 is 17.1 Å². The molecule has 0 atom stereocenters. The van der Waals surface area contributed by atoms with Crippen LogP contribution in [0.5, 0.6) is 0 Å². The van der Waals surface area contributed by atoms with Crippen LogP contribution in [0.1, 0.15) is 5.56 Å². The number of imidazole rings is 1. The molecule has 0 saturated carbocycles. The van der Waals surface area contributed by atoms with Gasteiger partial charge in [0.25, 0.3) is 5.56 Å². The number of aryl methyl sites for hydroxylation is 1. The molecule has 1 aromatic carbocycles. The van der Waals surface area contributed by atoms with Crippen LogP contribution in [0.25, 0.3) is 11.2 Å². The van der Waals surface area contributed by atoms with Crippen molar-refractivity contribution in [3.8, 4) is 0 Å². The van der Waals surface area contributed by atoms with Crippen molar-refractivity contribution in [3.63, 3.8) is 0 Å². The van der Waals surface area contributed by atoms with Crippen LogP contribution in [0.3, 0.4) is 0 Å². The normalized spacial score (nSPS) is 10.9. The van der Waals surface area contributed by atoms with Gasteiger partial charge in [0.15, 0.2) is 11.2 Å². The number of aromatic nitrogens is 4. The Morgan fingerprint density at radius 2 is 2.00 bits per heavy atom. The Hall–Kier alpha value is -3.09. The maximum Gasteiger partial charge on any atom is 0.329 e. The molecule has 3 aromatic rings. The van der Waals surface area contributed by atoms with Crippen LogP contribution in [-0.2, 0) is 20.1 Å². The zero-order valence-corrected chi connectivity index (χ0v) is 13.7. The molecule has 0 radical (unpaired) electrons. The highest BCUT2D eigenvalue weighted by atomic mass is 16.2. The highest BCUT2D eigenvalue weighted by molar-refractivity contribution is 5.74. The fraction of sp³-hybridized carbons (Fsp3) is 0.235. The maximum absolute atomic E-state index is 12.3. The Morgan fingerprint density at radius 3 is 2.67 bits per heavy atom. The summed E-state index contributed by atoms with van der Waals surface area (Å²) < 4.78 is 3.11. The average Bonchev–Trinajstić information content (AvgIpc) is 2.94. The quantitative estimate of drug-likeness (QED) is 0.716. The van der Waals surface area contributed by atoms with Gasteiger partial charge in [-0.1, -0.05) is 36.4 Å². The average molecular weight is 325 g/mol. The molecule has 2 heterocycles. The number of nitrogens with one attached hydrogen (secondary N) is 1. The zero-order valence-electron chi connectivity index (χ0n) is 13.7. The number of benzene rings is 1. The van der Waals surface area contributed by atoms with E-state index in [1.165, 1.54) is 4.57 Å². The van der Waals surface area contributed by atoms with Gasteiger partial charge in [0, 0.05) is 27.2 Å². The molecule has 0 aliphatic rings. The van der Waals surface area contributed by atoms with Crippen LogP contribution in [0, 0.1) is 0 Å². The number of aromatic amines is 1. The Kier molecular flexibility index (Phi) is 4.07. The summed E-state index contributed by atoms with van der Waals surface area (Å²) in [5.74, 6) is 0.612. The second-order valence-electron chi connectivity index (χ2n) is 5.64. The molecule has 3 rings (SSSR count). The molecule has 0 fully saturated rings. The van der Waals surface area contributed by atoms with E-state index in [0.29, 0.717) is 30.2 Å². The van der Waals surface area contributed by atoms with E-state index in [0.717, 1.165) is 5.56 Å². The van der Waals surface area contributed by atoms with Gasteiger partial charge in [0.2, 0.25) is 5.95 Å². The van der Waals surface area contributed by atoms with E-state index in [9.17, 15) is 9.59 Å². The van der Waals surface area contributed by atoms with E-state index in [2.05, 4.69) is 16.5 Å². The van der Waals surface area contributed by atoms with Gasteiger partial charge >= 0.3 is 5.69 Å². The van der Waals surface area contributed by atoms with Gasteiger partial charge in [-0.2, -0.15) is 4.98 Å². The fourth-order valence-electron chi connectivity index (χ4n) is 2.74. The molecule has 24 heavy (non-hydrogen) atoms. The minimum atomic E-state index is -0.479. The summed E-state index contributed by atoms with van der Waals surface area (Å²) in [7, 11) is 3.49. The zero-order chi connectivity index (χ0) is 17.3. The van der Waals surface area contributed by atoms with Crippen LogP contribution in [-0.4, -0.2) is 26.1 Å². The summed E-state index contributed by atoms with van der Waals surface area (Å²) in [6.45, 7) is 4.80. The first kappa shape index (κ1) is 15.8. The number of anilines is 1. The maximum atomic E-state index is 12.3. The summed E-state index contributed by atoms with van der Waals surface area (Å²) in [6, 6.07) is 9.97. The van der Waals surface area contributed by atoms with E-state index in [1.807, 2.05) is 42.3 Å². The third-order valence-electron chi connectivity index (χ3n) is 3.90. The lowest BCUT2D eigenvalue weighted by Crippen LogP contribution is -2.29. The van der Waals surface area contributed by atoms with Gasteiger partial charge in [0.05, 0.1) is 0 Å². The molecule has 0 bridgehead atoms. The van der Waals surface area contributed by atoms with Crippen molar-refractivity contribution in [2.45, 2.75) is 13.1 Å². The number of rotatable bonds is 5. The van der Waals surface area contributed by atoms with E-state index >= 15 is 0 Å². The number of hydrogen-bond acceptors (Lipinski definition) is 4. The van der Waals surface area contributed by atoms with Crippen LogP contribution >= 0.6 is 0 Å². The van der Waals surface area contributed by atoms with Crippen molar-refractivity contribution < 1.29 is 0 Å². The van der Waals surface area contributed by atoms with Crippen LogP contribution in [0.4, 0.5) is 5.95 Å². The summed E-state index contributed by atoms with van der Waals surface area (Å²) in [4.78, 5) is 32.9. The van der Waals surface area contributed by atoms with Crippen molar-refractivity contribution in [1.82, 2.24) is 19.1 Å². The minimum Gasteiger partial charge on any atom is -0.341 e.